The number of sulfonamides is 1. The fourth-order valence-electron chi connectivity index (χ4n) is 5.59. The molecule has 3 aromatic rings. The first-order valence-corrected chi connectivity index (χ1v) is 16.4. The first-order valence-electron chi connectivity index (χ1n) is 15.0. The van der Waals surface area contributed by atoms with Crippen molar-refractivity contribution in [3.05, 3.63) is 59.8 Å². The van der Waals surface area contributed by atoms with Crippen LogP contribution in [0.1, 0.15) is 38.4 Å². The molecule has 45 heavy (non-hydrogen) atoms. The van der Waals surface area contributed by atoms with Crippen molar-refractivity contribution >= 4 is 33.1 Å². The molecule has 5 rings (SSSR count). The predicted octanol–water partition coefficient (Wildman–Crippen LogP) is 3.00. The second-order valence-corrected chi connectivity index (χ2v) is 13.7. The molecule has 2 aromatic carbocycles. The van der Waals surface area contributed by atoms with Crippen LogP contribution in [0.2, 0.25) is 0 Å². The van der Waals surface area contributed by atoms with Crippen molar-refractivity contribution in [3.8, 4) is 0 Å². The van der Waals surface area contributed by atoms with E-state index in [1.165, 1.54) is 29.4 Å². The molecule has 0 spiro atoms. The van der Waals surface area contributed by atoms with Gasteiger partial charge in [-0.25, -0.2) is 13.2 Å². The second-order valence-electron chi connectivity index (χ2n) is 11.8. The van der Waals surface area contributed by atoms with Crippen LogP contribution in [0.4, 0.5) is 4.79 Å². The van der Waals surface area contributed by atoms with Gasteiger partial charge in [-0.1, -0.05) is 49.3 Å². The first-order chi connectivity index (χ1) is 21.5. The molecule has 0 saturated carbocycles. The maximum Gasteiger partial charge on any atom is 0.407 e. The number of hydrogen-bond donors (Lipinski definition) is 2. The van der Waals surface area contributed by atoms with Gasteiger partial charge in [-0.05, 0) is 42.5 Å². The average molecular weight is 646 g/mol. The molecule has 0 aliphatic carbocycles. The van der Waals surface area contributed by atoms with E-state index in [0.29, 0.717) is 24.0 Å². The lowest BCUT2D eigenvalue weighted by molar-refractivity contribution is -0.142. The third-order valence-electron chi connectivity index (χ3n) is 7.84. The lowest BCUT2D eigenvalue weighted by Gasteiger charge is -2.31. The van der Waals surface area contributed by atoms with E-state index < -0.39 is 46.6 Å². The summed E-state index contributed by atoms with van der Waals surface area (Å²) >= 11 is 0. The molecule has 2 fully saturated rings. The number of esters is 1. The largest absolute Gasteiger partial charge is 0.459 e. The van der Waals surface area contributed by atoms with Gasteiger partial charge in [0.1, 0.15) is 18.4 Å². The predicted molar refractivity (Wildman–Crippen MR) is 160 cm³/mol. The summed E-state index contributed by atoms with van der Waals surface area (Å²) in [4.78, 5) is 24.3. The quantitative estimate of drug-likeness (QED) is 0.262. The minimum Gasteiger partial charge on any atom is -0.459 e. The van der Waals surface area contributed by atoms with Crippen molar-refractivity contribution in [2.45, 2.75) is 69.7 Å². The van der Waals surface area contributed by atoms with Crippen LogP contribution in [0.5, 0.6) is 0 Å². The van der Waals surface area contributed by atoms with Crippen LogP contribution in [0.3, 0.4) is 0 Å². The molecule has 13 nitrogen and oxygen atoms in total. The molecule has 3 heterocycles. The smallest absolute Gasteiger partial charge is 0.407 e. The molecule has 2 aliphatic rings. The lowest BCUT2D eigenvalue weighted by atomic mass is 10.0. The van der Waals surface area contributed by atoms with Gasteiger partial charge in [0, 0.05) is 25.4 Å². The van der Waals surface area contributed by atoms with Gasteiger partial charge >= 0.3 is 12.1 Å². The Kier molecular flexibility index (Phi) is 10.4. The molecule has 0 radical (unpaired) electrons. The van der Waals surface area contributed by atoms with E-state index in [-0.39, 0.29) is 55.1 Å². The van der Waals surface area contributed by atoms with E-state index in [1.54, 1.807) is 0 Å². The molecule has 2 saturated heterocycles. The number of aliphatic hydroxyl groups is 1. The van der Waals surface area contributed by atoms with E-state index in [0.717, 1.165) is 5.56 Å². The number of nitrogens with zero attached hydrogens (tertiary/aromatic N) is 2. The van der Waals surface area contributed by atoms with Crippen molar-refractivity contribution in [2.75, 3.05) is 26.3 Å². The molecular formula is C31H39N3O10S. The molecule has 2 N–H and O–H groups in total. The zero-order valence-electron chi connectivity index (χ0n) is 25.5. The summed E-state index contributed by atoms with van der Waals surface area (Å²) in [5, 5.41) is 18.6. The van der Waals surface area contributed by atoms with Gasteiger partial charge in [-0.15, -0.1) is 0 Å². The lowest BCUT2D eigenvalue weighted by Crippen LogP contribution is -2.51. The number of aromatic nitrogens is 1. The molecule has 2 aliphatic heterocycles. The van der Waals surface area contributed by atoms with Gasteiger partial charge in [0.25, 0.3) is 0 Å². The molecule has 244 valence electrons. The number of fused-ring (bicyclic) bond motifs is 2. The summed E-state index contributed by atoms with van der Waals surface area (Å²) in [5.74, 6) is -0.652. The Morgan fingerprint density at radius 3 is 2.64 bits per heavy atom. The van der Waals surface area contributed by atoms with Crippen molar-refractivity contribution < 1.29 is 46.6 Å². The van der Waals surface area contributed by atoms with Gasteiger partial charge in [-0.2, -0.15) is 4.31 Å². The third-order valence-corrected chi connectivity index (χ3v) is 9.66. The van der Waals surface area contributed by atoms with Gasteiger partial charge in [0.05, 0.1) is 36.2 Å². The number of amides is 1. The second kappa shape index (κ2) is 14.3. The van der Waals surface area contributed by atoms with Crippen LogP contribution in [0.25, 0.3) is 11.0 Å². The number of carbonyl (C=O) groups excluding carboxylic acids is 2. The highest BCUT2D eigenvalue weighted by atomic mass is 32.2. The van der Waals surface area contributed by atoms with E-state index in [9.17, 15) is 23.1 Å². The zero-order valence-corrected chi connectivity index (χ0v) is 26.3. The number of ether oxygens (including phenoxy) is 4. The van der Waals surface area contributed by atoms with Crippen LogP contribution >= 0.6 is 0 Å². The number of rotatable bonds is 13. The highest BCUT2D eigenvalue weighted by Crippen LogP contribution is 2.33. The van der Waals surface area contributed by atoms with Gasteiger partial charge in [0.2, 0.25) is 10.0 Å². The number of aliphatic hydroxyl groups excluding tert-OH is 1. The Bertz CT molecular complexity index is 1580. The van der Waals surface area contributed by atoms with Crippen molar-refractivity contribution in [1.29, 1.82) is 0 Å². The summed E-state index contributed by atoms with van der Waals surface area (Å²) in [5.41, 5.74) is 1.45. The number of benzene rings is 2. The monoisotopic (exact) mass is 645 g/mol. The summed E-state index contributed by atoms with van der Waals surface area (Å²) in [6.45, 7) is 5.38. The fourth-order valence-corrected chi connectivity index (χ4v) is 7.24. The van der Waals surface area contributed by atoms with Crippen molar-refractivity contribution in [2.24, 2.45) is 11.8 Å². The van der Waals surface area contributed by atoms with Gasteiger partial charge in [0.15, 0.2) is 11.9 Å². The number of carbonyl (C=O) groups is 2. The Morgan fingerprint density at radius 2 is 1.91 bits per heavy atom. The van der Waals surface area contributed by atoms with Crippen LogP contribution in [-0.4, -0.2) is 85.9 Å². The molecule has 14 heteroatoms. The van der Waals surface area contributed by atoms with E-state index >= 15 is 0 Å². The molecule has 0 unspecified atom stereocenters. The average Bonchev–Trinajstić information content (AvgIpc) is 3.73. The molecular weight excluding hydrogens is 606 g/mol. The standard InChI is InChI=1S/C31H39N3O10S/c1-19(2)15-34(45(38,39)22-9-10-28-24(14-22)26(33-44-28)17-41-20(3)35)16-27(36)25(13-21-7-5-4-6-8-21)32-31(37)43-29-18-42-30-23(29)11-12-40-30/h4-10,14,19,23,25,27,29-30,36H,11-13,15-18H2,1-3H3,(H,32,37)/t23-,25-,27+,29-,30+/m0/s1. The van der Waals surface area contributed by atoms with Crippen LogP contribution < -0.4 is 5.32 Å². The molecule has 1 amide bonds. The van der Waals surface area contributed by atoms with E-state index in [4.69, 9.17) is 23.5 Å². The summed E-state index contributed by atoms with van der Waals surface area (Å²) in [7, 11) is -4.15. The third kappa shape index (κ3) is 8.00. The number of alkyl carbamates (subject to hydrolysis) is 1. The van der Waals surface area contributed by atoms with Crippen LogP contribution in [0.15, 0.2) is 57.9 Å². The SMILES string of the molecule is CC(=O)OCc1noc2ccc(S(=O)(=O)N(CC(C)C)C[C@@H](O)[C@H](Cc3ccccc3)NC(=O)O[C@H]3CO[C@H]4OCC[C@H]43)cc12. The highest BCUT2D eigenvalue weighted by molar-refractivity contribution is 7.89. The highest BCUT2D eigenvalue weighted by Gasteiger charge is 2.44. The number of hydrogen-bond acceptors (Lipinski definition) is 11. The zero-order chi connectivity index (χ0) is 32.1. The van der Waals surface area contributed by atoms with Crippen molar-refractivity contribution in [1.82, 2.24) is 14.8 Å². The minimum absolute atomic E-state index is 0.0447. The Morgan fingerprint density at radius 1 is 1.13 bits per heavy atom. The van der Waals surface area contributed by atoms with E-state index in [1.807, 2.05) is 44.2 Å². The Hall–Kier alpha value is -3.56. The fraction of sp³-hybridized carbons (Fsp3) is 0.516. The Balaban J connectivity index is 1.36. The molecule has 0 bridgehead atoms. The summed E-state index contributed by atoms with van der Waals surface area (Å²) < 4.78 is 56.3. The van der Waals surface area contributed by atoms with E-state index in [2.05, 4.69) is 10.5 Å². The summed E-state index contributed by atoms with van der Waals surface area (Å²) in [6, 6.07) is 12.7. The Labute approximate surface area is 261 Å². The number of nitrogens with one attached hydrogen (secondary N) is 1. The topological polar surface area (TPSA) is 167 Å². The molecule has 1 aromatic heterocycles. The van der Waals surface area contributed by atoms with Gasteiger partial charge < -0.3 is 33.9 Å². The normalized spacial score (nSPS) is 21.2. The maximum absolute atomic E-state index is 14.0. The van der Waals surface area contributed by atoms with Crippen LogP contribution in [0, 0.1) is 11.8 Å². The summed E-state index contributed by atoms with van der Waals surface area (Å²) in [6.07, 6.45) is -1.96. The maximum atomic E-state index is 14.0. The first kappa shape index (κ1) is 32.8. The minimum atomic E-state index is -4.15. The van der Waals surface area contributed by atoms with Crippen LogP contribution in [-0.2, 0) is 46.8 Å². The van der Waals surface area contributed by atoms with Gasteiger partial charge in [-0.3, -0.25) is 4.79 Å². The van der Waals surface area contributed by atoms with Crippen molar-refractivity contribution in [3.63, 3.8) is 0 Å². The molecule has 5 atom stereocenters.